The van der Waals surface area contributed by atoms with Crippen LogP contribution in [0.3, 0.4) is 0 Å². The number of carbonyl (C=O) groups excluding carboxylic acids is 1. The largest absolute Gasteiger partial charge is 0.493 e. The molecule has 1 aliphatic heterocycles. The van der Waals surface area contributed by atoms with Crippen LogP contribution in [-0.2, 0) is 6.61 Å². The molecular formula is C20H18N2O3S. The highest BCUT2D eigenvalue weighted by Crippen LogP contribution is 2.33. The smallest absolute Gasteiger partial charge is 0.255 e. The summed E-state index contributed by atoms with van der Waals surface area (Å²) in [6.45, 7) is 0.499. The van der Waals surface area contributed by atoms with E-state index in [0.29, 0.717) is 23.7 Å². The molecule has 1 atom stereocenters. The van der Waals surface area contributed by atoms with Gasteiger partial charge in [0, 0.05) is 10.6 Å². The van der Waals surface area contributed by atoms with Crippen molar-refractivity contribution >= 4 is 22.9 Å². The van der Waals surface area contributed by atoms with Gasteiger partial charge in [0.05, 0.1) is 12.7 Å². The Morgan fingerprint density at radius 1 is 1.04 bits per heavy atom. The zero-order valence-electron chi connectivity index (χ0n) is 14.2. The minimum absolute atomic E-state index is 0.0960. The third-order valence-electron chi connectivity index (χ3n) is 4.22. The molecule has 1 aromatic heterocycles. The Morgan fingerprint density at radius 2 is 1.92 bits per heavy atom. The Bertz CT molecular complexity index is 925. The van der Waals surface area contributed by atoms with E-state index in [4.69, 9.17) is 9.47 Å². The van der Waals surface area contributed by atoms with Crippen molar-refractivity contribution < 1.29 is 14.3 Å². The van der Waals surface area contributed by atoms with E-state index in [9.17, 15) is 4.79 Å². The van der Waals surface area contributed by atoms with Gasteiger partial charge < -0.3 is 20.1 Å². The molecule has 0 saturated carbocycles. The van der Waals surface area contributed by atoms with Gasteiger partial charge in [-0.3, -0.25) is 4.79 Å². The Labute approximate surface area is 155 Å². The van der Waals surface area contributed by atoms with Gasteiger partial charge in [0.25, 0.3) is 5.91 Å². The monoisotopic (exact) mass is 366 g/mol. The van der Waals surface area contributed by atoms with Gasteiger partial charge in [0.1, 0.15) is 12.8 Å². The minimum atomic E-state index is -0.322. The van der Waals surface area contributed by atoms with Crippen LogP contribution in [0, 0.1) is 0 Å². The number of nitrogens with one attached hydrogen (secondary N) is 2. The molecule has 4 rings (SSSR count). The molecule has 2 aromatic carbocycles. The number of benzene rings is 2. The van der Waals surface area contributed by atoms with E-state index in [0.717, 1.165) is 16.1 Å². The van der Waals surface area contributed by atoms with E-state index in [-0.39, 0.29) is 12.1 Å². The standard InChI is InChI=1S/C20H18N2O3S/c1-24-18-11-13(8-9-17(18)25-12-14-5-4-10-26-14)19-21-16-7-3-2-6-15(16)20(23)22-19/h2-11,19,21H,12H2,1H3,(H,22,23)/t19-/m0/s1. The van der Waals surface area contributed by atoms with Crippen molar-refractivity contribution in [3.63, 3.8) is 0 Å². The molecular weight excluding hydrogens is 348 g/mol. The first kappa shape index (κ1) is 16.5. The first-order valence-electron chi connectivity index (χ1n) is 8.24. The summed E-state index contributed by atoms with van der Waals surface area (Å²) in [7, 11) is 1.61. The zero-order chi connectivity index (χ0) is 17.9. The van der Waals surface area contributed by atoms with Crippen molar-refractivity contribution in [1.29, 1.82) is 0 Å². The van der Waals surface area contributed by atoms with Crippen LogP contribution < -0.4 is 20.1 Å². The molecule has 0 spiro atoms. The summed E-state index contributed by atoms with van der Waals surface area (Å²) in [6.07, 6.45) is -0.322. The van der Waals surface area contributed by atoms with Gasteiger partial charge in [-0.05, 0) is 41.3 Å². The highest BCUT2D eigenvalue weighted by molar-refractivity contribution is 7.09. The molecule has 0 fully saturated rings. The number of thiophene rings is 1. The van der Waals surface area contributed by atoms with E-state index in [1.54, 1.807) is 24.5 Å². The minimum Gasteiger partial charge on any atom is -0.493 e. The van der Waals surface area contributed by atoms with Crippen LogP contribution in [0.15, 0.2) is 60.0 Å². The lowest BCUT2D eigenvalue weighted by Crippen LogP contribution is -2.38. The van der Waals surface area contributed by atoms with E-state index < -0.39 is 0 Å². The maximum Gasteiger partial charge on any atom is 0.255 e. The lowest BCUT2D eigenvalue weighted by Gasteiger charge is -2.28. The predicted molar refractivity (Wildman–Crippen MR) is 102 cm³/mol. The van der Waals surface area contributed by atoms with E-state index in [2.05, 4.69) is 10.6 Å². The summed E-state index contributed by atoms with van der Waals surface area (Å²) < 4.78 is 11.4. The summed E-state index contributed by atoms with van der Waals surface area (Å²) in [5.41, 5.74) is 2.36. The van der Waals surface area contributed by atoms with E-state index in [1.165, 1.54) is 0 Å². The number of anilines is 1. The summed E-state index contributed by atoms with van der Waals surface area (Å²) >= 11 is 1.65. The van der Waals surface area contributed by atoms with Gasteiger partial charge in [-0.15, -0.1) is 11.3 Å². The fourth-order valence-electron chi connectivity index (χ4n) is 2.90. The second kappa shape index (κ2) is 7.09. The van der Waals surface area contributed by atoms with Crippen molar-refractivity contribution in [1.82, 2.24) is 5.32 Å². The van der Waals surface area contributed by atoms with Crippen molar-refractivity contribution in [3.05, 3.63) is 76.0 Å². The summed E-state index contributed by atoms with van der Waals surface area (Å²) in [4.78, 5) is 13.5. The van der Waals surface area contributed by atoms with Crippen LogP contribution >= 0.6 is 11.3 Å². The van der Waals surface area contributed by atoms with Crippen molar-refractivity contribution in [2.75, 3.05) is 12.4 Å². The lowest BCUT2D eigenvalue weighted by molar-refractivity contribution is 0.0935. The Hall–Kier alpha value is -2.99. The van der Waals surface area contributed by atoms with Crippen LogP contribution in [0.25, 0.3) is 0 Å². The van der Waals surface area contributed by atoms with Crippen molar-refractivity contribution in [2.45, 2.75) is 12.8 Å². The first-order valence-corrected chi connectivity index (χ1v) is 9.12. The molecule has 6 heteroatoms. The molecule has 0 saturated heterocycles. The van der Waals surface area contributed by atoms with E-state index >= 15 is 0 Å². The van der Waals surface area contributed by atoms with Crippen LogP contribution in [-0.4, -0.2) is 13.0 Å². The predicted octanol–water partition coefficient (Wildman–Crippen LogP) is 4.19. The maximum absolute atomic E-state index is 12.3. The van der Waals surface area contributed by atoms with Crippen LogP contribution in [0.1, 0.15) is 27.0 Å². The van der Waals surface area contributed by atoms with Gasteiger partial charge in [0.2, 0.25) is 0 Å². The molecule has 1 aliphatic rings. The average Bonchev–Trinajstić information content (AvgIpc) is 3.20. The molecule has 0 radical (unpaired) electrons. The molecule has 3 aromatic rings. The Balaban J connectivity index is 1.55. The molecule has 0 aliphatic carbocycles. The molecule has 0 bridgehead atoms. The van der Waals surface area contributed by atoms with Gasteiger partial charge in [-0.2, -0.15) is 0 Å². The Kier molecular flexibility index (Phi) is 4.50. The molecule has 2 N–H and O–H groups in total. The van der Waals surface area contributed by atoms with Gasteiger partial charge in [0.15, 0.2) is 11.5 Å². The second-order valence-electron chi connectivity index (χ2n) is 5.87. The number of methoxy groups -OCH3 is 1. The number of para-hydroxylation sites is 1. The fraction of sp³-hybridized carbons (Fsp3) is 0.150. The summed E-state index contributed by atoms with van der Waals surface area (Å²) in [5.74, 6) is 1.21. The first-order chi connectivity index (χ1) is 12.7. The normalized spacial score (nSPS) is 15.6. The third kappa shape index (κ3) is 3.23. The fourth-order valence-corrected chi connectivity index (χ4v) is 3.52. The molecule has 2 heterocycles. The number of ether oxygens (including phenoxy) is 2. The van der Waals surface area contributed by atoms with Gasteiger partial charge in [-0.25, -0.2) is 0 Å². The SMILES string of the molecule is COc1cc([C@@H]2NC(=O)c3ccccc3N2)ccc1OCc1cccs1. The number of rotatable bonds is 5. The number of hydrogen-bond donors (Lipinski definition) is 2. The van der Waals surface area contributed by atoms with Gasteiger partial charge in [-0.1, -0.05) is 24.3 Å². The topological polar surface area (TPSA) is 59.6 Å². The molecule has 0 unspecified atom stereocenters. The van der Waals surface area contributed by atoms with E-state index in [1.807, 2.05) is 53.9 Å². The number of hydrogen-bond acceptors (Lipinski definition) is 5. The summed E-state index contributed by atoms with van der Waals surface area (Å²) in [5, 5.41) is 8.33. The zero-order valence-corrected chi connectivity index (χ0v) is 15.0. The molecule has 132 valence electrons. The molecule has 5 nitrogen and oxygen atoms in total. The van der Waals surface area contributed by atoms with Crippen LogP contribution in [0.2, 0.25) is 0 Å². The summed E-state index contributed by atoms with van der Waals surface area (Å²) in [6, 6.07) is 17.2. The number of amides is 1. The number of carbonyl (C=O) groups is 1. The second-order valence-corrected chi connectivity index (χ2v) is 6.91. The molecule has 1 amide bonds. The quantitative estimate of drug-likeness (QED) is 0.711. The van der Waals surface area contributed by atoms with Gasteiger partial charge >= 0.3 is 0 Å². The number of fused-ring (bicyclic) bond motifs is 1. The lowest BCUT2D eigenvalue weighted by atomic mass is 10.1. The average molecular weight is 366 g/mol. The van der Waals surface area contributed by atoms with Crippen molar-refractivity contribution in [2.24, 2.45) is 0 Å². The highest BCUT2D eigenvalue weighted by Gasteiger charge is 2.24. The van der Waals surface area contributed by atoms with Crippen molar-refractivity contribution in [3.8, 4) is 11.5 Å². The Morgan fingerprint density at radius 3 is 2.73 bits per heavy atom. The third-order valence-corrected chi connectivity index (χ3v) is 5.07. The van der Waals surface area contributed by atoms with Crippen LogP contribution in [0.4, 0.5) is 5.69 Å². The highest BCUT2D eigenvalue weighted by atomic mass is 32.1. The van der Waals surface area contributed by atoms with Crippen LogP contribution in [0.5, 0.6) is 11.5 Å². The molecule has 26 heavy (non-hydrogen) atoms. The maximum atomic E-state index is 12.3.